The van der Waals surface area contributed by atoms with Crippen molar-refractivity contribution in [3.05, 3.63) is 11.6 Å². The van der Waals surface area contributed by atoms with Crippen LogP contribution in [0.3, 0.4) is 0 Å². The van der Waals surface area contributed by atoms with Crippen LogP contribution in [-0.2, 0) is 0 Å². The Balaban J connectivity index is 2.55. The monoisotopic (exact) mass is 168 g/mol. The third kappa shape index (κ3) is 2.34. The fourth-order valence-corrected chi connectivity index (χ4v) is 2.22. The first-order chi connectivity index (χ1) is 5.63. The van der Waals surface area contributed by atoms with E-state index in [2.05, 4.69) is 26.8 Å². The van der Waals surface area contributed by atoms with Crippen LogP contribution < -0.4 is 0 Å². The molecule has 0 saturated heterocycles. The van der Waals surface area contributed by atoms with Crippen LogP contribution in [0.15, 0.2) is 11.6 Å². The third-order valence-electron chi connectivity index (χ3n) is 2.79. The Morgan fingerprint density at radius 3 is 2.83 bits per heavy atom. The van der Waals surface area contributed by atoms with Crippen LogP contribution in [0.4, 0.5) is 0 Å². The van der Waals surface area contributed by atoms with E-state index in [0.29, 0.717) is 11.8 Å². The predicted octanol–water partition coefficient (Wildman–Crippen LogP) is 2.75. The van der Waals surface area contributed by atoms with Gasteiger partial charge in [-0.15, -0.1) is 0 Å². The molecule has 1 aliphatic carbocycles. The van der Waals surface area contributed by atoms with Crippen molar-refractivity contribution in [2.45, 2.75) is 46.1 Å². The molecule has 0 fully saturated rings. The summed E-state index contributed by atoms with van der Waals surface area (Å²) in [5, 5.41) is 9.69. The normalized spacial score (nSPS) is 32.8. The molecule has 3 atom stereocenters. The van der Waals surface area contributed by atoms with Crippen molar-refractivity contribution in [1.82, 2.24) is 0 Å². The van der Waals surface area contributed by atoms with Gasteiger partial charge in [0.25, 0.3) is 0 Å². The molecular weight excluding hydrogens is 148 g/mol. The third-order valence-corrected chi connectivity index (χ3v) is 2.79. The number of hydrogen-bond donors (Lipinski definition) is 1. The van der Waals surface area contributed by atoms with Gasteiger partial charge in [0, 0.05) is 0 Å². The maximum absolute atomic E-state index is 9.69. The molecule has 0 heterocycles. The topological polar surface area (TPSA) is 20.2 Å². The van der Waals surface area contributed by atoms with E-state index in [9.17, 15) is 5.11 Å². The quantitative estimate of drug-likeness (QED) is 0.629. The lowest BCUT2D eigenvalue weighted by molar-refractivity contribution is 0.0895. The van der Waals surface area contributed by atoms with Gasteiger partial charge in [-0.3, -0.25) is 0 Å². The van der Waals surface area contributed by atoms with Crippen molar-refractivity contribution >= 4 is 0 Å². The highest BCUT2D eigenvalue weighted by Crippen LogP contribution is 2.30. The molecule has 1 nitrogen and oxygen atoms in total. The highest BCUT2D eigenvalue weighted by atomic mass is 16.3. The Labute approximate surface area is 75.5 Å². The van der Waals surface area contributed by atoms with Crippen LogP contribution in [-0.4, -0.2) is 11.2 Å². The largest absolute Gasteiger partial charge is 0.393 e. The predicted molar refractivity (Wildman–Crippen MR) is 51.9 cm³/mol. The molecule has 0 aromatic rings. The highest BCUT2D eigenvalue weighted by Gasteiger charge is 2.23. The fraction of sp³-hybridized carbons (Fsp3) is 0.818. The van der Waals surface area contributed by atoms with E-state index in [4.69, 9.17) is 0 Å². The average Bonchev–Trinajstić information content (AvgIpc) is 2.01. The lowest BCUT2D eigenvalue weighted by Crippen LogP contribution is -2.24. The molecular formula is C11H20O. The molecule has 0 bridgehead atoms. The molecule has 0 aromatic heterocycles. The van der Waals surface area contributed by atoms with Crippen LogP contribution in [0.1, 0.15) is 40.0 Å². The SMILES string of the molecule is CCC(O)C1CC(C)=CC(C)C1. The summed E-state index contributed by atoms with van der Waals surface area (Å²) in [7, 11) is 0. The molecule has 0 saturated carbocycles. The van der Waals surface area contributed by atoms with Gasteiger partial charge in [-0.1, -0.05) is 25.5 Å². The average molecular weight is 168 g/mol. The van der Waals surface area contributed by atoms with E-state index in [0.717, 1.165) is 19.3 Å². The fourth-order valence-electron chi connectivity index (χ4n) is 2.22. The number of aliphatic hydroxyl groups is 1. The minimum atomic E-state index is -0.0869. The zero-order chi connectivity index (χ0) is 9.14. The van der Waals surface area contributed by atoms with Gasteiger partial charge < -0.3 is 5.11 Å². The number of hydrogen-bond acceptors (Lipinski definition) is 1. The summed E-state index contributed by atoms with van der Waals surface area (Å²) in [5.74, 6) is 1.17. The smallest absolute Gasteiger partial charge is 0.0569 e. The molecule has 0 aliphatic heterocycles. The Morgan fingerprint density at radius 1 is 1.67 bits per heavy atom. The van der Waals surface area contributed by atoms with E-state index < -0.39 is 0 Å². The Bertz CT molecular complexity index is 172. The lowest BCUT2D eigenvalue weighted by Gasteiger charge is -2.28. The van der Waals surface area contributed by atoms with Crippen molar-refractivity contribution in [2.75, 3.05) is 0 Å². The number of aliphatic hydroxyl groups excluding tert-OH is 1. The minimum absolute atomic E-state index is 0.0869. The first-order valence-corrected chi connectivity index (χ1v) is 4.98. The summed E-state index contributed by atoms with van der Waals surface area (Å²) in [6.07, 6.45) is 5.39. The Morgan fingerprint density at radius 2 is 2.33 bits per heavy atom. The van der Waals surface area contributed by atoms with Crippen LogP contribution in [0, 0.1) is 11.8 Å². The summed E-state index contributed by atoms with van der Waals surface area (Å²) in [4.78, 5) is 0. The van der Waals surface area contributed by atoms with Crippen LogP contribution in [0.5, 0.6) is 0 Å². The number of allylic oxidation sites excluding steroid dienone is 2. The second-order valence-corrected chi connectivity index (χ2v) is 4.17. The van der Waals surface area contributed by atoms with E-state index in [1.165, 1.54) is 5.57 Å². The summed E-state index contributed by atoms with van der Waals surface area (Å²) < 4.78 is 0. The van der Waals surface area contributed by atoms with Crippen LogP contribution in [0.25, 0.3) is 0 Å². The van der Waals surface area contributed by atoms with Crippen molar-refractivity contribution < 1.29 is 5.11 Å². The molecule has 3 unspecified atom stereocenters. The van der Waals surface area contributed by atoms with E-state index in [-0.39, 0.29) is 6.10 Å². The van der Waals surface area contributed by atoms with Gasteiger partial charge in [0.05, 0.1) is 6.10 Å². The maximum Gasteiger partial charge on any atom is 0.0569 e. The van der Waals surface area contributed by atoms with Gasteiger partial charge in [-0.2, -0.15) is 0 Å². The van der Waals surface area contributed by atoms with E-state index in [1.54, 1.807) is 0 Å². The van der Waals surface area contributed by atoms with Crippen molar-refractivity contribution in [3.63, 3.8) is 0 Å². The number of rotatable bonds is 2. The second-order valence-electron chi connectivity index (χ2n) is 4.17. The first-order valence-electron chi connectivity index (χ1n) is 4.98. The van der Waals surface area contributed by atoms with Gasteiger partial charge in [0.2, 0.25) is 0 Å². The van der Waals surface area contributed by atoms with Gasteiger partial charge >= 0.3 is 0 Å². The molecule has 1 rings (SSSR count). The lowest BCUT2D eigenvalue weighted by atomic mass is 9.80. The van der Waals surface area contributed by atoms with Crippen molar-refractivity contribution in [3.8, 4) is 0 Å². The summed E-state index contributed by atoms with van der Waals surface area (Å²) in [5.41, 5.74) is 1.45. The van der Waals surface area contributed by atoms with Crippen molar-refractivity contribution in [2.24, 2.45) is 11.8 Å². The van der Waals surface area contributed by atoms with E-state index >= 15 is 0 Å². The molecule has 70 valence electrons. The zero-order valence-electron chi connectivity index (χ0n) is 8.38. The minimum Gasteiger partial charge on any atom is -0.393 e. The Hall–Kier alpha value is -0.300. The molecule has 0 spiro atoms. The zero-order valence-corrected chi connectivity index (χ0v) is 8.38. The van der Waals surface area contributed by atoms with Crippen LogP contribution in [0.2, 0.25) is 0 Å². The molecule has 0 amide bonds. The molecule has 12 heavy (non-hydrogen) atoms. The highest BCUT2D eigenvalue weighted by molar-refractivity contribution is 5.06. The first kappa shape index (κ1) is 9.79. The van der Waals surface area contributed by atoms with Gasteiger partial charge in [-0.05, 0) is 38.0 Å². The van der Waals surface area contributed by atoms with Gasteiger partial charge in [-0.25, -0.2) is 0 Å². The Kier molecular flexibility index (Phi) is 3.33. The summed E-state index contributed by atoms with van der Waals surface area (Å²) >= 11 is 0. The van der Waals surface area contributed by atoms with Crippen LogP contribution >= 0.6 is 0 Å². The summed E-state index contributed by atoms with van der Waals surface area (Å²) in [6, 6.07) is 0. The molecule has 1 N–H and O–H groups in total. The van der Waals surface area contributed by atoms with Crippen molar-refractivity contribution in [1.29, 1.82) is 0 Å². The molecule has 1 heteroatoms. The summed E-state index contributed by atoms with van der Waals surface area (Å²) in [6.45, 7) is 6.46. The molecule has 1 aliphatic rings. The van der Waals surface area contributed by atoms with Gasteiger partial charge in [0.15, 0.2) is 0 Å². The van der Waals surface area contributed by atoms with Gasteiger partial charge in [0.1, 0.15) is 0 Å². The standard InChI is InChI=1S/C11H20O/c1-4-11(12)10-6-8(2)5-9(3)7-10/h5,8,10-12H,4,6-7H2,1-3H3. The van der Waals surface area contributed by atoms with E-state index in [1.807, 2.05) is 0 Å². The maximum atomic E-state index is 9.69. The second kappa shape index (κ2) is 4.08. The molecule has 0 radical (unpaired) electrons. The molecule has 0 aromatic carbocycles.